The number of rotatable bonds is 4. The monoisotopic (exact) mass is 872 g/mol. The number of aromatic nitrogens is 4. The quantitative estimate of drug-likeness (QED) is 0.105. The minimum atomic E-state index is -1.98. The van der Waals surface area contributed by atoms with Crippen LogP contribution in [-0.4, -0.2) is 19.9 Å². The van der Waals surface area contributed by atoms with Crippen LogP contribution >= 0.6 is 46.4 Å². The molecule has 292 valence electrons. The van der Waals surface area contributed by atoms with Gasteiger partial charge in [-0.2, -0.15) is 0 Å². The first-order valence-electron chi connectivity index (χ1n) is 18.4. The van der Waals surface area contributed by atoms with Crippen LogP contribution in [-0.2, 0) is 0 Å². The smallest absolute Gasteiger partial charge is 0.198 e. The van der Waals surface area contributed by atoms with Gasteiger partial charge in [0.1, 0.15) is 0 Å². The number of benzene rings is 5. The van der Waals surface area contributed by atoms with Gasteiger partial charge < -0.3 is 9.97 Å². The molecule has 0 saturated heterocycles. The van der Waals surface area contributed by atoms with Crippen LogP contribution in [0.4, 0.5) is 17.6 Å². The lowest BCUT2D eigenvalue weighted by molar-refractivity contribution is 0.413. The first-order valence-corrected chi connectivity index (χ1v) is 19.9. The summed E-state index contributed by atoms with van der Waals surface area (Å²) in [6.45, 7) is 0. The summed E-state index contributed by atoms with van der Waals surface area (Å²) in [7, 11) is 0. The number of hydrogen-bond acceptors (Lipinski definition) is 2. The van der Waals surface area contributed by atoms with Crippen molar-refractivity contribution in [1.82, 2.24) is 19.9 Å². The molecule has 3 aromatic heterocycles. The highest BCUT2D eigenvalue weighted by molar-refractivity contribution is 6.31. The highest BCUT2D eigenvalue weighted by atomic mass is 35.5. The van der Waals surface area contributed by atoms with Gasteiger partial charge in [0.05, 0.1) is 33.9 Å². The summed E-state index contributed by atoms with van der Waals surface area (Å²) >= 11 is 25.4. The summed E-state index contributed by atoms with van der Waals surface area (Å²) in [5.74, 6) is -7.17. The van der Waals surface area contributed by atoms with Crippen LogP contribution in [0.1, 0.15) is 11.4 Å². The Hall–Kier alpha value is -6.16. The molecule has 2 aliphatic heterocycles. The van der Waals surface area contributed by atoms with Crippen molar-refractivity contribution in [3.8, 4) is 67.0 Å². The van der Waals surface area contributed by atoms with E-state index in [-0.39, 0.29) is 28.2 Å². The number of nitrogens with zero attached hydrogens (tertiary/aromatic N) is 2. The molecule has 2 N–H and O–H groups in total. The van der Waals surface area contributed by atoms with Gasteiger partial charge in [0.15, 0.2) is 23.3 Å². The zero-order valence-electron chi connectivity index (χ0n) is 30.6. The molecule has 8 bridgehead atoms. The second-order valence-electron chi connectivity index (χ2n) is 14.1. The van der Waals surface area contributed by atoms with Crippen LogP contribution in [0.5, 0.6) is 0 Å². The fraction of sp³-hybridized carbons (Fsp3) is 0. The van der Waals surface area contributed by atoms with Crippen LogP contribution in [0, 0.1) is 23.3 Å². The van der Waals surface area contributed by atoms with E-state index < -0.39 is 34.4 Å². The molecule has 0 radical (unpaired) electrons. The highest BCUT2D eigenvalue weighted by Gasteiger charge is 2.36. The fourth-order valence-corrected chi connectivity index (χ4v) is 8.37. The normalized spacial score (nSPS) is 11.9. The Kier molecular flexibility index (Phi) is 9.41. The second kappa shape index (κ2) is 14.8. The molecule has 2 aliphatic rings. The first-order chi connectivity index (χ1) is 29.0. The first kappa shape index (κ1) is 38.1. The lowest BCUT2D eigenvalue weighted by atomic mass is 9.93. The van der Waals surface area contributed by atoms with E-state index in [1.807, 2.05) is 42.5 Å². The topological polar surface area (TPSA) is 57.4 Å². The highest BCUT2D eigenvalue weighted by Crippen LogP contribution is 2.50. The number of halogens is 8. The van der Waals surface area contributed by atoms with E-state index in [2.05, 4.69) is 9.97 Å². The summed E-state index contributed by atoms with van der Waals surface area (Å²) in [5.41, 5.74) is 6.19. The molecule has 0 fully saturated rings. The van der Waals surface area contributed by atoms with Gasteiger partial charge in [-0.25, -0.2) is 27.5 Å². The van der Waals surface area contributed by atoms with E-state index in [1.165, 1.54) is 0 Å². The standard InChI is InChI=1S/C48H24Cl4F4N4/c49-27-9-1-23(2-10-27)37-31-17-18-32(57-31)38(24-3-11-28(50)12-4-24)34-20-22-36(59-34)40(26-7-15-30(52)16-8-26)48-42-41(43(53)45(55)46(56)44(42)54)47(60-48)39(35-21-19-33(37)58-35)25-5-13-29(51)14-6-25/h1-22,57-58H. The third-order valence-electron chi connectivity index (χ3n) is 10.6. The Bertz CT molecular complexity index is 3270. The molecule has 8 aromatic rings. The van der Waals surface area contributed by atoms with E-state index in [0.717, 1.165) is 22.2 Å². The molecule has 5 heterocycles. The van der Waals surface area contributed by atoms with Gasteiger partial charge in [-0.15, -0.1) is 0 Å². The van der Waals surface area contributed by atoms with E-state index in [4.69, 9.17) is 56.4 Å². The van der Waals surface area contributed by atoms with Gasteiger partial charge in [-0.05, 0) is 107 Å². The van der Waals surface area contributed by atoms with Crippen molar-refractivity contribution in [2.24, 2.45) is 0 Å². The molecule has 5 aromatic carbocycles. The molecule has 0 saturated carbocycles. The van der Waals surface area contributed by atoms with Gasteiger partial charge in [0.2, 0.25) is 0 Å². The minimum Gasteiger partial charge on any atom is -0.354 e. The van der Waals surface area contributed by atoms with Gasteiger partial charge >= 0.3 is 0 Å². The molecule has 0 unspecified atom stereocenters. The number of hydrogen-bond donors (Lipinski definition) is 2. The molecule has 60 heavy (non-hydrogen) atoms. The van der Waals surface area contributed by atoms with E-state index in [0.29, 0.717) is 59.0 Å². The zero-order chi connectivity index (χ0) is 41.4. The third-order valence-corrected chi connectivity index (χ3v) is 11.6. The van der Waals surface area contributed by atoms with Crippen molar-refractivity contribution in [1.29, 1.82) is 0 Å². The van der Waals surface area contributed by atoms with Gasteiger partial charge in [0.25, 0.3) is 0 Å². The molecule has 4 nitrogen and oxygen atoms in total. The van der Waals surface area contributed by atoms with E-state index >= 15 is 17.6 Å². The number of nitrogens with one attached hydrogen (secondary N) is 2. The summed E-state index contributed by atoms with van der Waals surface area (Å²) in [4.78, 5) is 17.2. The molecule has 10 rings (SSSR count). The Morgan fingerprint density at radius 2 is 0.633 bits per heavy atom. The molecule has 0 spiro atoms. The fourth-order valence-electron chi connectivity index (χ4n) is 7.87. The number of H-pyrrole nitrogens is 2. The van der Waals surface area contributed by atoms with Crippen LogP contribution in [0.3, 0.4) is 0 Å². The Labute approximate surface area is 359 Å². The summed E-state index contributed by atoms with van der Waals surface area (Å²) in [5, 5.41) is 1.90. The van der Waals surface area contributed by atoms with Crippen molar-refractivity contribution in [3.05, 3.63) is 176 Å². The maximum absolute atomic E-state index is 16.6. The van der Waals surface area contributed by atoms with Gasteiger partial charge in [-0.3, -0.25) is 0 Å². The average Bonchev–Trinajstić information content (AvgIpc) is 4.09. The average molecular weight is 875 g/mol. The predicted molar refractivity (Wildman–Crippen MR) is 236 cm³/mol. The van der Waals surface area contributed by atoms with Crippen LogP contribution < -0.4 is 0 Å². The largest absolute Gasteiger partial charge is 0.354 e. The summed E-state index contributed by atoms with van der Waals surface area (Å²) < 4.78 is 64.3. The maximum atomic E-state index is 16.6. The lowest BCUT2D eigenvalue weighted by Gasteiger charge is -2.11. The van der Waals surface area contributed by atoms with Crippen molar-refractivity contribution in [2.45, 2.75) is 0 Å². The molecule has 12 heteroatoms. The van der Waals surface area contributed by atoms with E-state index in [9.17, 15) is 0 Å². The predicted octanol–water partition coefficient (Wildman–Crippen LogP) is 15.7. The van der Waals surface area contributed by atoms with Gasteiger partial charge in [0, 0.05) is 64.4 Å². The van der Waals surface area contributed by atoms with Crippen LogP contribution in [0.25, 0.3) is 101 Å². The lowest BCUT2D eigenvalue weighted by Crippen LogP contribution is -2.01. The maximum Gasteiger partial charge on any atom is 0.198 e. The summed E-state index contributed by atoms with van der Waals surface area (Å²) in [6, 6.07) is 35.4. The van der Waals surface area contributed by atoms with Crippen molar-refractivity contribution < 1.29 is 17.6 Å². The molecule has 0 atom stereocenters. The number of aromatic amines is 2. The van der Waals surface area contributed by atoms with Crippen molar-refractivity contribution >= 4 is 80.6 Å². The Balaban J connectivity index is 1.48. The molecular weight excluding hydrogens is 850 g/mol. The molecule has 0 aliphatic carbocycles. The van der Waals surface area contributed by atoms with E-state index in [1.54, 1.807) is 91.0 Å². The molecule has 0 amide bonds. The van der Waals surface area contributed by atoms with Crippen LogP contribution in [0.15, 0.2) is 121 Å². The third kappa shape index (κ3) is 6.39. The Morgan fingerprint density at radius 1 is 0.317 bits per heavy atom. The molecular formula is C48H24Cl4F4N4. The second-order valence-corrected chi connectivity index (χ2v) is 15.9. The Morgan fingerprint density at radius 3 is 1.07 bits per heavy atom. The van der Waals surface area contributed by atoms with Crippen LogP contribution in [0.2, 0.25) is 20.1 Å². The number of fused-ring (bicyclic) bond motifs is 11. The zero-order valence-corrected chi connectivity index (χ0v) is 33.6. The minimum absolute atomic E-state index is 0.153. The van der Waals surface area contributed by atoms with Gasteiger partial charge in [-0.1, -0.05) is 94.9 Å². The summed E-state index contributed by atoms with van der Waals surface area (Å²) in [6.07, 6.45) is 3.51. The SMILES string of the molecule is Fc1c(F)c(F)c2c(c1F)-c1nc-2c(-c2ccc(Cl)cc2)c2ccc([nH]2)c(-c2ccc(Cl)cc2)c2ccc([nH]2)c(-c2ccc(Cl)cc2)c2nc(c1-c1ccc(Cl)cc1)C=C2. The van der Waals surface area contributed by atoms with Crippen molar-refractivity contribution in [3.63, 3.8) is 0 Å². The van der Waals surface area contributed by atoms with Crippen molar-refractivity contribution in [2.75, 3.05) is 0 Å².